The molecule has 5 heteroatoms. The summed E-state index contributed by atoms with van der Waals surface area (Å²) < 4.78 is 0. The summed E-state index contributed by atoms with van der Waals surface area (Å²) in [7, 11) is 3.73. The number of hydrogen-bond acceptors (Lipinski definition) is 4. The Morgan fingerprint density at radius 3 is 2.64 bits per heavy atom. The van der Waals surface area contributed by atoms with Gasteiger partial charge in [-0.2, -0.15) is 0 Å². The van der Waals surface area contributed by atoms with E-state index in [0.29, 0.717) is 5.69 Å². The number of anilines is 1. The van der Waals surface area contributed by atoms with Crippen LogP contribution in [0.3, 0.4) is 0 Å². The van der Waals surface area contributed by atoms with E-state index in [0.717, 1.165) is 5.13 Å². The van der Waals surface area contributed by atoms with Crippen LogP contribution in [0.15, 0.2) is 5.38 Å². The van der Waals surface area contributed by atoms with Crippen molar-refractivity contribution in [1.29, 1.82) is 0 Å². The average molecular weight is 171 g/mol. The van der Waals surface area contributed by atoms with Crippen molar-refractivity contribution in [2.24, 2.45) is 5.73 Å². The van der Waals surface area contributed by atoms with Crippen molar-refractivity contribution in [3.63, 3.8) is 0 Å². The molecule has 0 saturated carbocycles. The summed E-state index contributed by atoms with van der Waals surface area (Å²) >= 11 is 1.40. The van der Waals surface area contributed by atoms with E-state index in [9.17, 15) is 4.79 Å². The third kappa shape index (κ3) is 1.68. The van der Waals surface area contributed by atoms with Crippen molar-refractivity contribution in [1.82, 2.24) is 4.98 Å². The molecule has 4 nitrogen and oxygen atoms in total. The third-order valence-electron chi connectivity index (χ3n) is 1.13. The molecule has 0 saturated heterocycles. The summed E-state index contributed by atoms with van der Waals surface area (Å²) in [5.41, 5.74) is 5.35. The maximum atomic E-state index is 10.6. The quantitative estimate of drug-likeness (QED) is 0.696. The van der Waals surface area contributed by atoms with Gasteiger partial charge in [0.1, 0.15) is 5.69 Å². The van der Waals surface area contributed by atoms with Crippen LogP contribution in [0.4, 0.5) is 5.13 Å². The van der Waals surface area contributed by atoms with E-state index in [4.69, 9.17) is 5.73 Å². The fourth-order valence-electron chi connectivity index (χ4n) is 0.583. The Morgan fingerprint density at radius 1 is 1.73 bits per heavy atom. The minimum Gasteiger partial charge on any atom is -0.364 e. The zero-order valence-electron chi connectivity index (χ0n) is 6.37. The summed E-state index contributed by atoms with van der Waals surface area (Å²) in [5.74, 6) is -0.477. The van der Waals surface area contributed by atoms with Gasteiger partial charge in [-0.25, -0.2) is 4.98 Å². The van der Waals surface area contributed by atoms with Crippen LogP contribution >= 0.6 is 11.3 Å². The molecule has 0 aliphatic carbocycles. The number of amides is 1. The Kier molecular flexibility index (Phi) is 2.09. The van der Waals surface area contributed by atoms with E-state index < -0.39 is 5.91 Å². The number of nitrogens with two attached hydrogens (primary N) is 1. The van der Waals surface area contributed by atoms with Gasteiger partial charge in [0.15, 0.2) is 5.13 Å². The van der Waals surface area contributed by atoms with Crippen molar-refractivity contribution in [3.8, 4) is 0 Å². The lowest BCUT2D eigenvalue weighted by Gasteiger charge is -2.04. The van der Waals surface area contributed by atoms with Crippen LogP contribution in [0, 0.1) is 0 Å². The fraction of sp³-hybridized carbons (Fsp3) is 0.333. The Morgan fingerprint density at radius 2 is 2.36 bits per heavy atom. The summed E-state index contributed by atoms with van der Waals surface area (Å²) in [6, 6.07) is 0. The van der Waals surface area contributed by atoms with Gasteiger partial charge in [0.2, 0.25) is 0 Å². The van der Waals surface area contributed by atoms with Crippen LogP contribution in [0.2, 0.25) is 0 Å². The average Bonchev–Trinajstić information content (AvgIpc) is 2.33. The molecule has 0 bridgehead atoms. The maximum Gasteiger partial charge on any atom is 0.268 e. The largest absolute Gasteiger partial charge is 0.364 e. The highest BCUT2D eigenvalue weighted by Gasteiger charge is 2.06. The second-order valence-corrected chi connectivity index (χ2v) is 3.11. The molecule has 0 aromatic carbocycles. The topological polar surface area (TPSA) is 59.2 Å². The van der Waals surface area contributed by atoms with Gasteiger partial charge in [-0.3, -0.25) is 4.79 Å². The fourth-order valence-corrected chi connectivity index (χ4v) is 1.33. The highest BCUT2D eigenvalue weighted by molar-refractivity contribution is 7.13. The molecule has 0 aliphatic rings. The Balaban J connectivity index is 2.90. The highest BCUT2D eigenvalue weighted by atomic mass is 32.1. The van der Waals surface area contributed by atoms with Gasteiger partial charge in [-0.1, -0.05) is 0 Å². The molecular weight excluding hydrogens is 162 g/mol. The van der Waals surface area contributed by atoms with E-state index in [1.807, 2.05) is 19.0 Å². The predicted molar refractivity (Wildman–Crippen MR) is 45.0 cm³/mol. The van der Waals surface area contributed by atoms with Gasteiger partial charge >= 0.3 is 0 Å². The van der Waals surface area contributed by atoms with Crippen molar-refractivity contribution in [2.75, 3.05) is 19.0 Å². The zero-order valence-corrected chi connectivity index (χ0v) is 7.18. The number of primary amides is 1. The van der Waals surface area contributed by atoms with Gasteiger partial charge in [-0.15, -0.1) is 11.3 Å². The molecule has 1 amide bonds. The summed E-state index contributed by atoms with van der Waals surface area (Å²) in [4.78, 5) is 16.4. The smallest absolute Gasteiger partial charge is 0.268 e. The molecule has 0 fully saturated rings. The molecule has 0 unspecified atom stereocenters. The summed E-state index contributed by atoms with van der Waals surface area (Å²) in [5, 5.41) is 2.44. The molecule has 60 valence electrons. The van der Waals surface area contributed by atoms with Crippen molar-refractivity contribution < 1.29 is 4.79 Å². The molecule has 1 aromatic heterocycles. The molecule has 0 radical (unpaired) electrons. The molecule has 1 rings (SSSR count). The lowest BCUT2D eigenvalue weighted by molar-refractivity contribution is 0.0996. The molecule has 1 heterocycles. The minimum atomic E-state index is -0.477. The third-order valence-corrected chi connectivity index (χ3v) is 2.14. The molecule has 11 heavy (non-hydrogen) atoms. The lowest BCUT2D eigenvalue weighted by atomic mass is 10.5. The van der Waals surface area contributed by atoms with Crippen molar-refractivity contribution >= 4 is 22.4 Å². The predicted octanol–water partition coefficient (Wildman–Crippen LogP) is 0.308. The molecule has 0 spiro atoms. The number of carbonyl (C=O) groups is 1. The van der Waals surface area contributed by atoms with Gasteiger partial charge in [0, 0.05) is 19.5 Å². The second-order valence-electron chi connectivity index (χ2n) is 2.27. The van der Waals surface area contributed by atoms with Crippen LogP contribution in [-0.2, 0) is 0 Å². The Labute approximate surface area is 68.6 Å². The monoisotopic (exact) mass is 171 g/mol. The van der Waals surface area contributed by atoms with Crippen LogP contribution in [0.1, 0.15) is 10.5 Å². The van der Waals surface area contributed by atoms with Gasteiger partial charge in [-0.05, 0) is 0 Å². The van der Waals surface area contributed by atoms with Gasteiger partial charge in [0.25, 0.3) is 5.91 Å². The normalized spacial score (nSPS) is 9.64. The van der Waals surface area contributed by atoms with Crippen molar-refractivity contribution in [3.05, 3.63) is 11.1 Å². The molecule has 0 aliphatic heterocycles. The SMILES string of the molecule is CN(C)c1nc(C(N)=O)cs1. The first-order valence-corrected chi connectivity index (χ1v) is 3.92. The molecule has 1 aromatic rings. The number of rotatable bonds is 2. The minimum absolute atomic E-state index is 0.332. The zero-order chi connectivity index (χ0) is 8.43. The Hall–Kier alpha value is -1.10. The van der Waals surface area contributed by atoms with Crippen LogP contribution in [0.5, 0.6) is 0 Å². The number of thiazole rings is 1. The van der Waals surface area contributed by atoms with Crippen molar-refractivity contribution in [2.45, 2.75) is 0 Å². The van der Waals surface area contributed by atoms with E-state index in [1.165, 1.54) is 11.3 Å². The van der Waals surface area contributed by atoms with Crippen LogP contribution < -0.4 is 10.6 Å². The first-order chi connectivity index (χ1) is 5.11. The Bertz CT molecular complexity index is 269. The van der Waals surface area contributed by atoms with Crippen LogP contribution in [-0.4, -0.2) is 25.0 Å². The van der Waals surface area contributed by atoms with E-state index in [1.54, 1.807) is 5.38 Å². The number of hydrogen-bond donors (Lipinski definition) is 1. The van der Waals surface area contributed by atoms with E-state index in [-0.39, 0.29) is 0 Å². The summed E-state index contributed by atoms with van der Waals surface area (Å²) in [6.45, 7) is 0. The van der Waals surface area contributed by atoms with E-state index >= 15 is 0 Å². The number of nitrogens with zero attached hydrogens (tertiary/aromatic N) is 2. The first-order valence-electron chi connectivity index (χ1n) is 3.04. The lowest BCUT2D eigenvalue weighted by Crippen LogP contribution is -2.13. The second kappa shape index (κ2) is 2.87. The molecule has 2 N–H and O–H groups in total. The summed E-state index contributed by atoms with van der Waals surface area (Å²) in [6.07, 6.45) is 0. The molecular formula is C6H9N3OS. The van der Waals surface area contributed by atoms with Gasteiger partial charge in [0.05, 0.1) is 0 Å². The van der Waals surface area contributed by atoms with Crippen LogP contribution in [0.25, 0.3) is 0 Å². The standard InChI is InChI=1S/C6H9N3OS/c1-9(2)6-8-4(3-11-6)5(7)10/h3H,1-2H3,(H2,7,10). The first kappa shape index (κ1) is 8.00. The maximum absolute atomic E-state index is 10.6. The highest BCUT2D eigenvalue weighted by Crippen LogP contribution is 2.16. The number of aromatic nitrogens is 1. The number of carbonyl (C=O) groups excluding carboxylic acids is 1. The molecule has 0 atom stereocenters. The van der Waals surface area contributed by atoms with E-state index in [2.05, 4.69) is 4.98 Å². The van der Waals surface area contributed by atoms with Gasteiger partial charge < -0.3 is 10.6 Å².